The van der Waals surface area contributed by atoms with Crippen molar-refractivity contribution in [1.82, 2.24) is 0 Å². The summed E-state index contributed by atoms with van der Waals surface area (Å²) in [7, 11) is 0. The number of benzene rings is 1. The van der Waals surface area contributed by atoms with Crippen molar-refractivity contribution in [3.8, 4) is 5.75 Å². The number of anilines is 1. The highest BCUT2D eigenvalue weighted by molar-refractivity contribution is 6.32. The highest BCUT2D eigenvalue weighted by Crippen LogP contribution is 2.29. The third kappa shape index (κ3) is 2.42. The van der Waals surface area contributed by atoms with E-state index >= 15 is 0 Å². The summed E-state index contributed by atoms with van der Waals surface area (Å²) in [6.45, 7) is -3.04. The lowest BCUT2D eigenvalue weighted by Crippen LogP contribution is -2.03. The van der Waals surface area contributed by atoms with Gasteiger partial charge in [0.1, 0.15) is 11.6 Å². The fourth-order valence-electron chi connectivity index (χ4n) is 0.730. The molecule has 1 aromatic carbocycles. The summed E-state index contributed by atoms with van der Waals surface area (Å²) in [4.78, 5) is 0. The molecule has 0 fully saturated rings. The second-order valence-electron chi connectivity index (χ2n) is 2.18. The molecule has 13 heavy (non-hydrogen) atoms. The highest BCUT2D eigenvalue weighted by Gasteiger charge is 2.11. The lowest BCUT2D eigenvalue weighted by Gasteiger charge is -2.07. The van der Waals surface area contributed by atoms with E-state index in [1.807, 2.05) is 0 Å². The predicted molar refractivity (Wildman–Crippen MR) is 42.5 cm³/mol. The molecule has 0 heterocycles. The fourth-order valence-corrected chi connectivity index (χ4v) is 0.947. The lowest BCUT2D eigenvalue weighted by atomic mass is 10.3. The molecule has 2 nitrogen and oxygen atoms in total. The van der Waals surface area contributed by atoms with Crippen LogP contribution in [-0.4, -0.2) is 6.61 Å². The van der Waals surface area contributed by atoms with Gasteiger partial charge in [0, 0.05) is 6.07 Å². The first kappa shape index (κ1) is 9.98. The zero-order chi connectivity index (χ0) is 10.0. The molecule has 0 amide bonds. The Bertz CT molecular complexity index is 319. The smallest absolute Gasteiger partial charge is 0.387 e. The molecule has 0 aliphatic heterocycles. The van der Waals surface area contributed by atoms with Gasteiger partial charge >= 0.3 is 6.61 Å². The second kappa shape index (κ2) is 3.74. The maximum atomic E-state index is 12.7. The summed E-state index contributed by atoms with van der Waals surface area (Å²) in [6.07, 6.45) is 0. The molecule has 1 rings (SSSR count). The van der Waals surface area contributed by atoms with Gasteiger partial charge in [0.15, 0.2) is 0 Å². The SMILES string of the molecule is Nc1cc(Cl)c(OC(F)F)cc1F. The van der Waals surface area contributed by atoms with Crippen LogP contribution < -0.4 is 10.5 Å². The predicted octanol–water partition coefficient (Wildman–Crippen LogP) is 2.66. The van der Waals surface area contributed by atoms with E-state index in [0.29, 0.717) is 6.07 Å². The van der Waals surface area contributed by atoms with E-state index in [2.05, 4.69) is 4.74 Å². The van der Waals surface area contributed by atoms with Crippen LogP contribution in [0.5, 0.6) is 5.75 Å². The lowest BCUT2D eigenvalue weighted by molar-refractivity contribution is -0.0499. The minimum Gasteiger partial charge on any atom is -0.433 e. The van der Waals surface area contributed by atoms with Crippen LogP contribution in [-0.2, 0) is 0 Å². The fraction of sp³-hybridized carbons (Fsp3) is 0.143. The number of alkyl halides is 2. The first-order valence-corrected chi connectivity index (χ1v) is 3.58. The van der Waals surface area contributed by atoms with Gasteiger partial charge in [-0.3, -0.25) is 0 Å². The third-order valence-corrected chi connectivity index (χ3v) is 1.56. The van der Waals surface area contributed by atoms with Gasteiger partial charge in [-0.25, -0.2) is 4.39 Å². The molecule has 1 aromatic rings. The Morgan fingerprint density at radius 2 is 2.00 bits per heavy atom. The Kier molecular flexibility index (Phi) is 2.87. The minimum atomic E-state index is -3.04. The summed E-state index contributed by atoms with van der Waals surface area (Å²) in [5.41, 5.74) is 4.90. The number of rotatable bonds is 2. The second-order valence-corrected chi connectivity index (χ2v) is 2.59. The van der Waals surface area contributed by atoms with E-state index in [4.69, 9.17) is 17.3 Å². The third-order valence-electron chi connectivity index (χ3n) is 1.27. The van der Waals surface area contributed by atoms with E-state index in [9.17, 15) is 13.2 Å². The maximum absolute atomic E-state index is 12.7. The van der Waals surface area contributed by atoms with Crippen molar-refractivity contribution in [2.24, 2.45) is 0 Å². The molecule has 0 atom stereocenters. The Balaban J connectivity index is 3.01. The monoisotopic (exact) mass is 211 g/mol. The van der Waals surface area contributed by atoms with Crippen molar-refractivity contribution in [3.05, 3.63) is 23.0 Å². The number of ether oxygens (including phenoxy) is 1. The topological polar surface area (TPSA) is 35.2 Å². The van der Waals surface area contributed by atoms with Gasteiger partial charge in [0.2, 0.25) is 0 Å². The molecule has 0 saturated carbocycles. The average Bonchev–Trinajstić information content (AvgIpc) is 1.99. The Morgan fingerprint density at radius 1 is 1.38 bits per heavy atom. The van der Waals surface area contributed by atoms with Crippen LogP contribution in [0.15, 0.2) is 12.1 Å². The van der Waals surface area contributed by atoms with Gasteiger partial charge in [0.25, 0.3) is 0 Å². The molecule has 0 bridgehead atoms. The quantitative estimate of drug-likeness (QED) is 0.764. The Labute approximate surface area is 77.0 Å². The molecule has 0 aliphatic carbocycles. The largest absolute Gasteiger partial charge is 0.433 e. The summed E-state index contributed by atoms with van der Waals surface area (Å²) < 4.78 is 40.0. The molecular weight excluding hydrogens is 207 g/mol. The molecule has 0 radical (unpaired) electrons. The van der Waals surface area contributed by atoms with Crippen molar-refractivity contribution < 1.29 is 17.9 Å². The van der Waals surface area contributed by atoms with Gasteiger partial charge in [-0.15, -0.1) is 0 Å². The van der Waals surface area contributed by atoms with Crippen LogP contribution in [0.3, 0.4) is 0 Å². The van der Waals surface area contributed by atoms with Gasteiger partial charge in [-0.1, -0.05) is 11.6 Å². The van der Waals surface area contributed by atoms with E-state index in [0.717, 1.165) is 6.07 Å². The molecule has 0 aliphatic rings. The first-order chi connectivity index (χ1) is 6.00. The summed E-state index contributed by atoms with van der Waals surface area (Å²) in [5, 5.41) is -0.154. The van der Waals surface area contributed by atoms with Crippen LogP contribution in [0.1, 0.15) is 0 Å². The van der Waals surface area contributed by atoms with Crippen LogP contribution in [0.25, 0.3) is 0 Å². The standard InChI is InChI=1S/C7H5ClF3NO/c8-3-1-5(12)4(9)2-6(3)13-7(10)11/h1-2,7H,12H2. The van der Waals surface area contributed by atoms with Gasteiger partial charge in [0.05, 0.1) is 10.7 Å². The zero-order valence-corrected chi connectivity index (χ0v) is 6.99. The van der Waals surface area contributed by atoms with Crippen LogP contribution in [0, 0.1) is 5.82 Å². The van der Waals surface area contributed by atoms with E-state index < -0.39 is 18.2 Å². The van der Waals surface area contributed by atoms with Crippen molar-refractivity contribution >= 4 is 17.3 Å². The van der Waals surface area contributed by atoms with Crippen LogP contribution in [0.4, 0.5) is 18.9 Å². The van der Waals surface area contributed by atoms with Gasteiger partial charge in [-0.05, 0) is 6.07 Å². The van der Waals surface area contributed by atoms with E-state index in [1.54, 1.807) is 0 Å². The highest BCUT2D eigenvalue weighted by atomic mass is 35.5. The van der Waals surface area contributed by atoms with Crippen LogP contribution in [0.2, 0.25) is 5.02 Å². The van der Waals surface area contributed by atoms with Crippen LogP contribution >= 0.6 is 11.6 Å². The number of hydrogen-bond donors (Lipinski definition) is 1. The summed E-state index contributed by atoms with van der Waals surface area (Å²) in [6, 6.07) is 1.72. The zero-order valence-electron chi connectivity index (χ0n) is 6.23. The first-order valence-electron chi connectivity index (χ1n) is 3.20. The van der Waals surface area contributed by atoms with Crippen molar-refractivity contribution in [2.75, 3.05) is 5.73 Å². The van der Waals surface area contributed by atoms with Crippen molar-refractivity contribution in [1.29, 1.82) is 0 Å². The molecule has 6 heteroatoms. The Hall–Kier alpha value is -1.10. The number of hydrogen-bond acceptors (Lipinski definition) is 2. The molecule has 0 spiro atoms. The minimum absolute atomic E-state index is 0.154. The average molecular weight is 212 g/mol. The molecule has 0 unspecified atom stereocenters. The van der Waals surface area contributed by atoms with Gasteiger partial charge < -0.3 is 10.5 Å². The van der Waals surface area contributed by atoms with Crippen molar-refractivity contribution in [2.45, 2.75) is 6.61 Å². The van der Waals surface area contributed by atoms with Crippen molar-refractivity contribution in [3.63, 3.8) is 0 Å². The molecule has 72 valence electrons. The van der Waals surface area contributed by atoms with E-state index in [-0.39, 0.29) is 10.7 Å². The molecule has 0 aromatic heterocycles. The maximum Gasteiger partial charge on any atom is 0.387 e. The van der Waals surface area contributed by atoms with E-state index in [1.165, 1.54) is 0 Å². The normalized spacial score (nSPS) is 10.5. The Morgan fingerprint density at radius 3 is 2.54 bits per heavy atom. The summed E-state index contributed by atoms with van der Waals surface area (Å²) >= 11 is 5.44. The number of halogens is 4. The summed E-state index contributed by atoms with van der Waals surface area (Å²) in [5.74, 6) is -1.27. The molecule has 2 N–H and O–H groups in total. The van der Waals surface area contributed by atoms with Gasteiger partial charge in [-0.2, -0.15) is 8.78 Å². The number of nitrogens with two attached hydrogens (primary N) is 1. The molecule has 0 saturated heterocycles. The number of nitrogen functional groups attached to an aromatic ring is 1. The molecular formula is C7H5ClF3NO.